The number of aromatic nitrogens is 2. The van der Waals surface area contributed by atoms with E-state index in [-0.39, 0.29) is 10.9 Å². The van der Waals surface area contributed by atoms with E-state index in [4.69, 9.17) is 4.74 Å². The van der Waals surface area contributed by atoms with E-state index in [2.05, 4.69) is 10.3 Å². The van der Waals surface area contributed by atoms with Crippen molar-refractivity contribution in [3.8, 4) is 5.75 Å². The van der Waals surface area contributed by atoms with Crippen LogP contribution >= 0.6 is 0 Å². The lowest BCUT2D eigenvalue weighted by molar-refractivity contribution is 0.258. The number of nitrogens with zero attached hydrogens (tertiary/aromatic N) is 3. The minimum atomic E-state index is -3.61. The third kappa shape index (κ3) is 3.70. The Bertz CT molecular complexity index is 802. The quantitative estimate of drug-likeness (QED) is 0.841. The first kappa shape index (κ1) is 17.9. The van der Waals surface area contributed by atoms with E-state index in [1.165, 1.54) is 4.31 Å². The second kappa shape index (κ2) is 7.55. The highest BCUT2D eigenvalue weighted by Crippen LogP contribution is 2.28. The summed E-state index contributed by atoms with van der Waals surface area (Å²) in [5.41, 5.74) is 0. The van der Waals surface area contributed by atoms with Crippen LogP contribution < -0.4 is 10.1 Å². The Kier molecular flexibility index (Phi) is 5.41. The van der Waals surface area contributed by atoms with Gasteiger partial charge >= 0.3 is 0 Å². The SMILES string of the molecule is CCCOc1ccc(S(=O)(=O)N2CCNCC2c2nccn2C)cc1. The minimum Gasteiger partial charge on any atom is -0.494 e. The molecule has 0 amide bonds. The first-order valence-corrected chi connectivity index (χ1v) is 9.90. The van der Waals surface area contributed by atoms with Gasteiger partial charge in [-0.15, -0.1) is 0 Å². The van der Waals surface area contributed by atoms with Gasteiger partial charge in [0.2, 0.25) is 10.0 Å². The number of imidazole rings is 1. The van der Waals surface area contributed by atoms with Gasteiger partial charge in [-0.3, -0.25) is 0 Å². The summed E-state index contributed by atoms with van der Waals surface area (Å²) in [5, 5.41) is 3.26. The van der Waals surface area contributed by atoms with Gasteiger partial charge in [-0.1, -0.05) is 6.92 Å². The number of piperazine rings is 1. The molecule has 0 saturated carbocycles. The van der Waals surface area contributed by atoms with Crippen LogP contribution in [0, 0.1) is 0 Å². The molecule has 0 spiro atoms. The second-order valence-corrected chi connectivity index (χ2v) is 7.94. The zero-order valence-electron chi connectivity index (χ0n) is 14.6. The molecule has 1 aliphatic rings. The van der Waals surface area contributed by atoms with Crippen LogP contribution in [-0.2, 0) is 17.1 Å². The van der Waals surface area contributed by atoms with Crippen LogP contribution in [0.4, 0.5) is 0 Å². The highest BCUT2D eigenvalue weighted by molar-refractivity contribution is 7.89. The lowest BCUT2D eigenvalue weighted by atomic mass is 10.2. The van der Waals surface area contributed by atoms with Crippen molar-refractivity contribution in [2.75, 3.05) is 26.2 Å². The third-order valence-corrected chi connectivity index (χ3v) is 6.18. The standard InChI is InChI=1S/C17H24N4O3S/c1-3-12-24-14-4-6-15(7-5-14)25(22,23)21-11-8-18-13-16(21)17-19-9-10-20(17)2/h4-7,9-10,16,18H,3,8,11-13H2,1-2H3. The summed E-state index contributed by atoms with van der Waals surface area (Å²) in [6.07, 6.45) is 4.43. The molecule has 1 aromatic heterocycles. The average Bonchev–Trinajstić information content (AvgIpc) is 3.06. The van der Waals surface area contributed by atoms with Crippen LogP contribution in [-0.4, -0.2) is 48.5 Å². The van der Waals surface area contributed by atoms with Crippen LogP contribution in [0.2, 0.25) is 0 Å². The van der Waals surface area contributed by atoms with Gasteiger partial charge in [0.25, 0.3) is 0 Å². The largest absolute Gasteiger partial charge is 0.494 e. The lowest BCUT2D eigenvalue weighted by Crippen LogP contribution is -2.49. The van der Waals surface area contributed by atoms with Gasteiger partial charge in [0.15, 0.2) is 0 Å². The molecule has 1 atom stereocenters. The molecule has 1 unspecified atom stereocenters. The number of benzene rings is 1. The monoisotopic (exact) mass is 364 g/mol. The molecule has 3 rings (SSSR count). The lowest BCUT2D eigenvalue weighted by Gasteiger charge is -2.34. The maximum Gasteiger partial charge on any atom is 0.243 e. The van der Waals surface area contributed by atoms with E-state index in [1.54, 1.807) is 30.5 Å². The Morgan fingerprint density at radius 1 is 1.32 bits per heavy atom. The third-order valence-electron chi connectivity index (χ3n) is 4.25. The van der Waals surface area contributed by atoms with E-state index in [0.717, 1.165) is 12.2 Å². The van der Waals surface area contributed by atoms with Gasteiger partial charge in [0.05, 0.1) is 17.5 Å². The Hall–Kier alpha value is -1.90. The highest BCUT2D eigenvalue weighted by Gasteiger charge is 2.36. The van der Waals surface area contributed by atoms with E-state index >= 15 is 0 Å². The number of hydrogen-bond acceptors (Lipinski definition) is 5. The van der Waals surface area contributed by atoms with Crippen molar-refractivity contribution in [3.05, 3.63) is 42.5 Å². The number of hydrogen-bond donors (Lipinski definition) is 1. The van der Waals surface area contributed by atoms with Gasteiger partial charge in [-0.25, -0.2) is 13.4 Å². The summed E-state index contributed by atoms with van der Waals surface area (Å²) in [7, 11) is -1.73. The smallest absolute Gasteiger partial charge is 0.243 e. The van der Waals surface area contributed by atoms with Crippen molar-refractivity contribution < 1.29 is 13.2 Å². The van der Waals surface area contributed by atoms with E-state index in [0.29, 0.717) is 32.0 Å². The Labute approximate surface area is 148 Å². The van der Waals surface area contributed by atoms with Crippen molar-refractivity contribution in [1.82, 2.24) is 19.2 Å². The highest BCUT2D eigenvalue weighted by atomic mass is 32.2. The zero-order chi connectivity index (χ0) is 17.9. The summed E-state index contributed by atoms with van der Waals surface area (Å²) >= 11 is 0. The summed E-state index contributed by atoms with van der Waals surface area (Å²) in [5.74, 6) is 1.42. The first-order valence-electron chi connectivity index (χ1n) is 8.46. The summed E-state index contributed by atoms with van der Waals surface area (Å²) < 4.78 is 35.2. The molecule has 0 bridgehead atoms. The van der Waals surface area contributed by atoms with Gasteiger partial charge in [0.1, 0.15) is 11.6 Å². The summed E-state index contributed by atoms with van der Waals surface area (Å²) in [4.78, 5) is 4.62. The summed E-state index contributed by atoms with van der Waals surface area (Å²) in [6.45, 7) is 4.22. The van der Waals surface area contributed by atoms with Gasteiger partial charge < -0.3 is 14.6 Å². The van der Waals surface area contributed by atoms with E-state index < -0.39 is 10.0 Å². The number of nitrogens with one attached hydrogen (secondary N) is 1. The van der Waals surface area contributed by atoms with Crippen LogP contribution in [0.1, 0.15) is 25.2 Å². The number of sulfonamides is 1. The second-order valence-electron chi connectivity index (χ2n) is 6.05. The molecule has 2 aromatic rings. The molecule has 8 heteroatoms. The molecule has 7 nitrogen and oxygen atoms in total. The Morgan fingerprint density at radius 3 is 2.72 bits per heavy atom. The molecule has 1 saturated heterocycles. The van der Waals surface area contributed by atoms with Crippen molar-refractivity contribution in [2.24, 2.45) is 7.05 Å². The fourth-order valence-electron chi connectivity index (χ4n) is 2.95. The zero-order valence-corrected chi connectivity index (χ0v) is 15.4. The molecule has 2 heterocycles. The fourth-order valence-corrected chi connectivity index (χ4v) is 4.54. The number of ether oxygens (including phenoxy) is 1. The van der Waals surface area contributed by atoms with Crippen molar-refractivity contribution >= 4 is 10.0 Å². The van der Waals surface area contributed by atoms with Crippen LogP contribution in [0.5, 0.6) is 5.75 Å². The molecule has 1 aliphatic heterocycles. The van der Waals surface area contributed by atoms with Gasteiger partial charge in [0, 0.05) is 39.1 Å². The van der Waals surface area contributed by atoms with Crippen molar-refractivity contribution in [1.29, 1.82) is 0 Å². The number of rotatable bonds is 6. The van der Waals surface area contributed by atoms with Crippen LogP contribution in [0.15, 0.2) is 41.6 Å². The Balaban J connectivity index is 1.88. The van der Waals surface area contributed by atoms with Crippen molar-refractivity contribution in [2.45, 2.75) is 24.3 Å². The van der Waals surface area contributed by atoms with E-state index in [9.17, 15) is 8.42 Å². The van der Waals surface area contributed by atoms with Gasteiger partial charge in [-0.2, -0.15) is 4.31 Å². The first-order chi connectivity index (χ1) is 12.0. The predicted octanol–water partition coefficient (Wildman–Crippen LogP) is 1.54. The molecule has 0 aliphatic carbocycles. The topological polar surface area (TPSA) is 76.5 Å². The predicted molar refractivity (Wildman–Crippen MR) is 94.9 cm³/mol. The van der Waals surface area contributed by atoms with E-state index in [1.807, 2.05) is 24.7 Å². The molecule has 1 fully saturated rings. The Morgan fingerprint density at radius 2 is 2.08 bits per heavy atom. The molecule has 25 heavy (non-hydrogen) atoms. The molecule has 136 valence electrons. The maximum atomic E-state index is 13.1. The molecular weight excluding hydrogens is 340 g/mol. The molecule has 1 aromatic carbocycles. The maximum absolute atomic E-state index is 13.1. The molecular formula is C17H24N4O3S. The minimum absolute atomic E-state index is 0.275. The van der Waals surface area contributed by atoms with Crippen molar-refractivity contribution in [3.63, 3.8) is 0 Å². The summed E-state index contributed by atoms with van der Waals surface area (Å²) in [6, 6.07) is 6.31. The fraction of sp³-hybridized carbons (Fsp3) is 0.471. The average molecular weight is 364 g/mol. The van der Waals surface area contributed by atoms with Crippen LogP contribution in [0.3, 0.4) is 0 Å². The van der Waals surface area contributed by atoms with Gasteiger partial charge in [-0.05, 0) is 30.7 Å². The normalized spacial score (nSPS) is 19.0. The molecule has 0 radical (unpaired) electrons. The van der Waals surface area contributed by atoms with Crippen LogP contribution in [0.25, 0.3) is 0 Å². The molecule has 1 N–H and O–H groups in total. The number of aryl methyl sites for hydroxylation is 1.